The average Bonchev–Trinajstić information content (AvgIpc) is 2.53. The quantitative estimate of drug-likeness (QED) is 0.645. The van der Waals surface area contributed by atoms with Crippen molar-refractivity contribution in [2.45, 2.75) is 6.54 Å². The molecule has 15 heavy (non-hydrogen) atoms. The minimum atomic E-state index is -0.291. The summed E-state index contributed by atoms with van der Waals surface area (Å²) < 4.78 is 2.60. The molecule has 0 fully saturated rings. The molecule has 0 amide bonds. The van der Waals surface area contributed by atoms with E-state index in [2.05, 4.69) is 15.4 Å². The van der Waals surface area contributed by atoms with Gasteiger partial charge in [0.2, 0.25) is 0 Å². The van der Waals surface area contributed by atoms with Gasteiger partial charge in [0.05, 0.1) is 17.7 Å². The van der Waals surface area contributed by atoms with Crippen molar-refractivity contribution < 1.29 is 0 Å². The first-order valence-corrected chi connectivity index (χ1v) is 4.54. The van der Waals surface area contributed by atoms with Crippen LogP contribution in [-0.4, -0.2) is 29.8 Å². The molecule has 0 radical (unpaired) electrons. The molecular formula is C7H8N6OS. The zero-order valence-electron chi connectivity index (χ0n) is 7.91. The molecule has 2 rings (SSSR count). The highest BCUT2D eigenvalue weighted by molar-refractivity contribution is 7.80. The van der Waals surface area contributed by atoms with E-state index in [1.165, 1.54) is 10.9 Å². The second kappa shape index (κ2) is 3.39. The van der Waals surface area contributed by atoms with Gasteiger partial charge in [-0.15, -0.1) is 5.10 Å². The van der Waals surface area contributed by atoms with Gasteiger partial charge in [-0.25, -0.2) is 9.36 Å². The van der Waals surface area contributed by atoms with E-state index < -0.39 is 0 Å². The Bertz CT molecular complexity index is 585. The van der Waals surface area contributed by atoms with Crippen molar-refractivity contribution in [2.24, 2.45) is 12.8 Å². The summed E-state index contributed by atoms with van der Waals surface area (Å²) in [7, 11) is 1.69. The second-order valence-corrected chi connectivity index (χ2v) is 3.55. The van der Waals surface area contributed by atoms with Gasteiger partial charge in [-0.1, -0.05) is 17.4 Å². The number of aryl methyl sites for hydroxylation is 1. The Morgan fingerprint density at radius 1 is 1.67 bits per heavy atom. The lowest BCUT2D eigenvalue weighted by atomic mass is 10.4. The van der Waals surface area contributed by atoms with Crippen molar-refractivity contribution in [3.63, 3.8) is 0 Å². The maximum absolute atomic E-state index is 11.8. The Morgan fingerprint density at radius 2 is 2.40 bits per heavy atom. The number of hydrogen-bond acceptors (Lipinski definition) is 5. The number of rotatable bonds is 2. The fourth-order valence-corrected chi connectivity index (χ4v) is 1.35. The Hall–Kier alpha value is -1.83. The van der Waals surface area contributed by atoms with Crippen LogP contribution >= 0.6 is 12.2 Å². The van der Waals surface area contributed by atoms with Crippen molar-refractivity contribution in [3.8, 4) is 0 Å². The van der Waals surface area contributed by atoms with E-state index in [0.717, 1.165) is 4.68 Å². The molecule has 0 unspecified atom stereocenters. The third kappa shape index (κ3) is 1.59. The Labute approximate surface area is 89.5 Å². The minimum absolute atomic E-state index is 0.0893. The Balaban J connectivity index is 2.66. The van der Waals surface area contributed by atoms with Gasteiger partial charge in [0.15, 0.2) is 5.65 Å². The van der Waals surface area contributed by atoms with Gasteiger partial charge < -0.3 is 5.73 Å². The van der Waals surface area contributed by atoms with Crippen molar-refractivity contribution in [3.05, 3.63) is 16.6 Å². The van der Waals surface area contributed by atoms with Crippen LogP contribution in [0.3, 0.4) is 0 Å². The second-order valence-electron chi connectivity index (χ2n) is 3.02. The number of nitrogens with zero attached hydrogens (tertiary/aromatic N) is 5. The zero-order chi connectivity index (χ0) is 11.0. The van der Waals surface area contributed by atoms with E-state index in [1.807, 2.05) is 0 Å². The van der Waals surface area contributed by atoms with E-state index in [0.29, 0.717) is 11.0 Å². The first-order valence-electron chi connectivity index (χ1n) is 4.13. The van der Waals surface area contributed by atoms with E-state index in [1.54, 1.807) is 7.05 Å². The van der Waals surface area contributed by atoms with Crippen LogP contribution in [0.4, 0.5) is 0 Å². The molecule has 0 bridgehead atoms. The fourth-order valence-electron chi connectivity index (χ4n) is 1.23. The predicted octanol–water partition coefficient (Wildman–Crippen LogP) is -1.19. The summed E-state index contributed by atoms with van der Waals surface area (Å²) in [6.45, 7) is 0.0893. The predicted molar refractivity (Wildman–Crippen MR) is 57.3 cm³/mol. The number of fused-ring (bicyclic) bond motifs is 1. The molecule has 0 aromatic carbocycles. The van der Waals surface area contributed by atoms with E-state index in [4.69, 9.17) is 18.0 Å². The van der Waals surface area contributed by atoms with Crippen molar-refractivity contribution >= 4 is 28.2 Å². The molecule has 7 nitrogen and oxygen atoms in total. The van der Waals surface area contributed by atoms with Crippen molar-refractivity contribution in [1.29, 1.82) is 0 Å². The first-order chi connectivity index (χ1) is 7.09. The van der Waals surface area contributed by atoms with Crippen LogP contribution in [0.15, 0.2) is 11.0 Å². The molecule has 2 N–H and O–H groups in total. The number of nitrogens with two attached hydrogens (primary N) is 1. The summed E-state index contributed by atoms with van der Waals surface area (Å²) in [6.07, 6.45) is 1.45. The van der Waals surface area contributed by atoms with Gasteiger partial charge in [0.1, 0.15) is 5.39 Å². The lowest BCUT2D eigenvalue weighted by Crippen LogP contribution is -2.29. The molecule has 0 aliphatic rings. The van der Waals surface area contributed by atoms with Gasteiger partial charge >= 0.3 is 0 Å². The van der Waals surface area contributed by atoms with E-state index >= 15 is 0 Å². The highest BCUT2D eigenvalue weighted by Crippen LogP contribution is 2.01. The molecular weight excluding hydrogens is 216 g/mol. The van der Waals surface area contributed by atoms with Gasteiger partial charge in [0.25, 0.3) is 5.56 Å². The van der Waals surface area contributed by atoms with Crippen LogP contribution in [0.25, 0.3) is 11.0 Å². The maximum atomic E-state index is 11.8. The van der Waals surface area contributed by atoms with Crippen LogP contribution in [-0.2, 0) is 13.6 Å². The lowest BCUT2D eigenvalue weighted by Gasteiger charge is -2.00. The molecule has 2 aromatic heterocycles. The summed E-state index contributed by atoms with van der Waals surface area (Å²) in [5, 5.41) is 11.9. The Kier molecular flexibility index (Phi) is 2.19. The molecule has 0 saturated carbocycles. The molecule has 0 aliphatic heterocycles. The fraction of sp³-hybridized carbons (Fsp3) is 0.286. The summed E-state index contributed by atoms with van der Waals surface area (Å²) >= 11 is 4.69. The average molecular weight is 224 g/mol. The smallest absolute Gasteiger partial charge is 0.281 e. The Morgan fingerprint density at radius 3 is 3.07 bits per heavy atom. The van der Waals surface area contributed by atoms with Gasteiger partial charge in [-0.2, -0.15) is 5.10 Å². The van der Waals surface area contributed by atoms with E-state index in [9.17, 15) is 4.79 Å². The highest BCUT2D eigenvalue weighted by Gasteiger charge is 2.09. The summed E-state index contributed by atoms with van der Waals surface area (Å²) in [5.74, 6) is 0. The number of aromatic nitrogens is 5. The summed E-state index contributed by atoms with van der Waals surface area (Å²) in [5.41, 5.74) is 5.48. The molecule has 2 aromatic rings. The summed E-state index contributed by atoms with van der Waals surface area (Å²) in [4.78, 5) is 12.0. The standard InChI is InChI=1S/C7H8N6OS/c1-12-6-4(2-9-12)7(14)13(11-10-6)3-5(8)15/h2H,3H2,1H3,(H2,8,15). The maximum Gasteiger partial charge on any atom is 0.281 e. The van der Waals surface area contributed by atoms with Gasteiger partial charge in [-0.05, 0) is 0 Å². The third-order valence-electron chi connectivity index (χ3n) is 1.93. The highest BCUT2D eigenvalue weighted by atomic mass is 32.1. The number of hydrogen-bond donors (Lipinski definition) is 1. The lowest BCUT2D eigenvalue weighted by molar-refractivity contribution is 0.620. The first kappa shape index (κ1) is 9.71. The monoisotopic (exact) mass is 224 g/mol. The SMILES string of the molecule is Cn1ncc2c(=O)n(CC(N)=S)nnc21. The largest absolute Gasteiger partial charge is 0.392 e. The minimum Gasteiger partial charge on any atom is -0.392 e. The van der Waals surface area contributed by atoms with Crippen LogP contribution in [0.5, 0.6) is 0 Å². The molecule has 0 spiro atoms. The number of thiocarbonyl (C=S) groups is 1. The van der Waals surface area contributed by atoms with Crippen molar-refractivity contribution in [2.75, 3.05) is 0 Å². The molecule has 0 saturated heterocycles. The normalized spacial score (nSPS) is 10.7. The van der Waals surface area contributed by atoms with Crippen LogP contribution in [0.1, 0.15) is 0 Å². The third-order valence-corrected chi connectivity index (χ3v) is 2.05. The van der Waals surface area contributed by atoms with Crippen LogP contribution < -0.4 is 11.3 Å². The molecule has 2 heterocycles. The topological polar surface area (TPSA) is 91.6 Å². The van der Waals surface area contributed by atoms with Gasteiger partial charge in [-0.3, -0.25) is 4.79 Å². The van der Waals surface area contributed by atoms with Crippen LogP contribution in [0.2, 0.25) is 0 Å². The summed E-state index contributed by atoms with van der Waals surface area (Å²) in [6, 6.07) is 0. The van der Waals surface area contributed by atoms with Gasteiger partial charge in [0, 0.05) is 7.05 Å². The zero-order valence-corrected chi connectivity index (χ0v) is 8.73. The van der Waals surface area contributed by atoms with Crippen molar-refractivity contribution in [1.82, 2.24) is 24.8 Å². The molecule has 0 aliphatic carbocycles. The van der Waals surface area contributed by atoms with Crippen LogP contribution in [0, 0.1) is 0 Å². The molecule has 8 heteroatoms. The molecule has 0 atom stereocenters. The van der Waals surface area contributed by atoms with E-state index in [-0.39, 0.29) is 17.1 Å². The molecule has 78 valence electrons.